The van der Waals surface area contributed by atoms with Gasteiger partial charge < -0.3 is 15.0 Å². The first-order valence-corrected chi connectivity index (χ1v) is 10.7. The number of benzene rings is 3. The van der Waals surface area contributed by atoms with Gasteiger partial charge in [-0.1, -0.05) is 30.3 Å². The van der Waals surface area contributed by atoms with E-state index in [1.54, 1.807) is 6.07 Å². The maximum Gasteiger partial charge on any atom is 0.272 e. The second kappa shape index (κ2) is 8.27. The van der Waals surface area contributed by atoms with Gasteiger partial charge in [-0.05, 0) is 50.2 Å². The number of fused-ring (bicyclic) bond motifs is 2. The zero-order valence-electron chi connectivity index (χ0n) is 18.2. The first-order valence-electron chi connectivity index (χ1n) is 10.7. The number of H-pyrrole nitrogens is 2. The number of carbonyl (C=O) groups excluding carboxylic acids is 1. The summed E-state index contributed by atoms with van der Waals surface area (Å²) in [6, 6.07) is 22.2. The summed E-state index contributed by atoms with van der Waals surface area (Å²) < 4.78 is 5.72. The minimum Gasteiger partial charge on any atom is -0.491 e. The molecule has 0 saturated carbocycles. The number of carbonyl (C=O) groups is 1. The summed E-state index contributed by atoms with van der Waals surface area (Å²) in [7, 11) is 0. The van der Waals surface area contributed by atoms with Crippen molar-refractivity contribution in [3.8, 4) is 17.0 Å². The van der Waals surface area contributed by atoms with Crippen LogP contribution in [0.25, 0.3) is 32.9 Å². The highest BCUT2D eigenvalue weighted by Crippen LogP contribution is 2.26. The fourth-order valence-corrected chi connectivity index (χ4v) is 3.82. The molecule has 7 heteroatoms. The lowest BCUT2D eigenvalue weighted by atomic mass is 10.0. The van der Waals surface area contributed by atoms with Gasteiger partial charge in [0.1, 0.15) is 11.4 Å². The second-order valence-electron chi connectivity index (χ2n) is 8.08. The number of nitrogens with one attached hydrogen (secondary N) is 3. The fourth-order valence-electron chi connectivity index (χ4n) is 3.82. The Morgan fingerprint density at radius 2 is 1.73 bits per heavy atom. The van der Waals surface area contributed by atoms with Gasteiger partial charge in [-0.25, -0.2) is 5.10 Å². The Labute approximate surface area is 189 Å². The third-order valence-corrected chi connectivity index (χ3v) is 5.32. The molecule has 7 nitrogen and oxygen atoms in total. The SMILES string of the molecule is CC(C)Oc1ccc2cc(C(=O)Nc3ccc(-c4n[nH]c(=O)c5ccccc45)cc3)[nH]c2c1. The van der Waals surface area contributed by atoms with Gasteiger partial charge >= 0.3 is 0 Å². The molecule has 0 radical (unpaired) electrons. The summed E-state index contributed by atoms with van der Waals surface area (Å²) in [5.74, 6) is 0.517. The topological polar surface area (TPSA) is 99.9 Å². The maximum absolute atomic E-state index is 12.8. The van der Waals surface area contributed by atoms with Gasteiger partial charge in [-0.3, -0.25) is 9.59 Å². The molecule has 3 aromatic carbocycles. The third kappa shape index (κ3) is 4.08. The van der Waals surface area contributed by atoms with Gasteiger partial charge in [0.25, 0.3) is 11.5 Å². The average Bonchev–Trinajstić information content (AvgIpc) is 3.24. The van der Waals surface area contributed by atoms with Crippen molar-refractivity contribution in [2.75, 3.05) is 5.32 Å². The minimum atomic E-state index is -0.238. The van der Waals surface area contributed by atoms with E-state index in [9.17, 15) is 9.59 Å². The van der Waals surface area contributed by atoms with E-state index in [1.165, 1.54) is 0 Å². The van der Waals surface area contributed by atoms with Gasteiger partial charge in [-0.15, -0.1) is 0 Å². The summed E-state index contributed by atoms with van der Waals surface area (Å²) in [4.78, 5) is 28.0. The molecule has 0 aliphatic rings. The van der Waals surface area contributed by atoms with Crippen molar-refractivity contribution in [3.63, 3.8) is 0 Å². The van der Waals surface area contributed by atoms with Crippen LogP contribution >= 0.6 is 0 Å². The Balaban J connectivity index is 1.37. The van der Waals surface area contributed by atoms with Crippen LogP contribution in [0.3, 0.4) is 0 Å². The number of rotatable bonds is 5. The summed E-state index contributed by atoms with van der Waals surface area (Å²) in [6.07, 6.45) is 0.0764. The van der Waals surface area contributed by atoms with Crippen molar-refractivity contribution < 1.29 is 9.53 Å². The number of ether oxygens (including phenoxy) is 1. The fraction of sp³-hybridized carbons (Fsp3) is 0.115. The molecule has 0 saturated heterocycles. The van der Waals surface area contributed by atoms with Crippen LogP contribution in [0.2, 0.25) is 0 Å². The van der Waals surface area contributed by atoms with Crippen LogP contribution in [0.4, 0.5) is 5.69 Å². The highest BCUT2D eigenvalue weighted by Gasteiger charge is 2.12. The van der Waals surface area contributed by atoms with Crippen LogP contribution < -0.4 is 15.6 Å². The molecule has 0 atom stereocenters. The Kier molecular flexibility index (Phi) is 5.14. The van der Waals surface area contributed by atoms with Crippen LogP contribution in [0.5, 0.6) is 5.75 Å². The number of nitrogens with zero attached hydrogens (tertiary/aromatic N) is 1. The highest BCUT2D eigenvalue weighted by molar-refractivity contribution is 6.06. The smallest absolute Gasteiger partial charge is 0.272 e. The van der Waals surface area contributed by atoms with Crippen molar-refractivity contribution in [3.05, 3.63) is 88.8 Å². The Morgan fingerprint density at radius 3 is 2.48 bits per heavy atom. The quantitative estimate of drug-likeness (QED) is 0.355. The Morgan fingerprint density at radius 1 is 0.970 bits per heavy atom. The number of amides is 1. The molecule has 1 amide bonds. The molecule has 0 unspecified atom stereocenters. The number of aromatic nitrogens is 3. The zero-order valence-corrected chi connectivity index (χ0v) is 18.2. The summed E-state index contributed by atoms with van der Waals surface area (Å²) in [5.41, 5.74) is 3.25. The van der Waals surface area contributed by atoms with Crippen LogP contribution in [0, 0.1) is 0 Å². The Bertz CT molecular complexity index is 1530. The molecule has 2 aromatic heterocycles. The zero-order chi connectivity index (χ0) is 22.9. The second-order valence-corrected chi connectivity index (χ2v) is 8.08. The molecule has 5 aromatic rings. The molecule has 0 aliphatic carbocycles. The number of anilines is 1. The van der Waals surface area contributed by atoms with Gasteiger partial charge in [0.15, 0.2) is 0 Å². The van der Waals surface area contributed by atoms with E-state index in [2.05, 4.69) is 20.5 Å². The number of hydrogen-bond acceptors (Lipinski definition) is 4. The van der Waals surface area contributed by atoms with Gasteiger partial charge in [-0.2, -0.15) is 5.10 Å². The van der Waals surface area contributed by atoms with Gasteiger partial charge in [0, 0.05) is 33.6 Å². The van der Waals surface area contributed by atoms with E-state index in [0.717, 1.165) is 27.6 Å². The molecule has 0 aliphatic heterocycles. The average molecular weight is 438 g/mol. The normalized spacial score (nSPS) is 11.2. The van der Waals surface area contributed by atoms with E-state index in [4.69, 9.17) is 4.74 Å². The molecule has 164 valence electrons. The van der Waals surface area contributed by atoms with Crippen molar-refractivity contribution >= 4 is 33.3 Å². The summed E-state index contributed by atoms with van der Waals surface area (Å²) in [6.45, 7) is 3.94. The number of aromatic amines is 2. The number of hydrogen-bond donors (Lipinski definition) is 3. The van der Waals surface area contributed by atoms with Crippen LogP contribution in [0.15, 0.2) is 77.6 Å². The minimum absolute atomic E-state index is 0.0764. The molecule has 5 rings (SSSR count). The molecular weight excluding hydrogens is 416 g/mol. The predicted octanol–water partition coefficient (Wildman–Crippen LogP) is 5.11. The van der Waals surface area contributed by atoms with Crippen molar-refractivity contribution in [2.24, 2.45) is 0 Å². The van der Waals surface area contributed by atoms with E-state index in [0.29, 0.717) is 22.5 Å². The van der Waals surface area contributed by atoms with Crippen molar-refractivity contribution in [1.82, 2.24) is 15.2 Å². The van der Waals surface area contributed by atoms with E-state index >= 15 is 0 Å². The van der Waals surface area contributed by atoms with Crippen LogP contribution in [-0.4, -0.2) is 27.2 Å². The molecule has 3 N–H and O–H groups in total. The van der Waals surface area contributed by atoms with Crippen molar-refractivity contribution in [2.45, 2.75) is 20.0 Å². The van der Waals surface area contributed by atoms with E-state index in [1.807, 2.05) is 80.6 Å². The van der Waals surface area contributed by atoms with Crippen LogP contribution in [0.1, 0.15) is 24.3 Å². The third-order valence-electron chi connectivity index (χ3n) is 5.32. The monoisotopic (exact) mass is 438 g/mol. The predicted molar refractivity (Wildman–Crippen MR) is 130 cm³/mol. The summed E-state index contributed by atoms with van der Waals surface area (Å²) >= 11 is 0. The maximum atomic E-state index is 12.8. The summed E-state index contributed by atoms with van der Waals surface area (Å²) in [5, 5.41) is 12.0. The molecule has 0 fully saturated rings. The first-order chi connectivity index (χ1) is 16.0. The van der Waals surface area contributed by atoms with Gasteiger partial charge in [0.05, 0.1) is 17.2 Å². The Hall–Kier alpha value is -4.39. The largest absolute Gasteiger partial charge is 0.491 e. The first kappa shape index (κ1) is 20.5. The standard InChI is InChI=1S/C26H22N4O3/c1-15(2)33-19-12-9-17-13-23(28-22(17)14-19)26(32)27-18-10-7-16(8-11-18)24-20-5-3-4-6-21(20)25(31)30-29-24/h3-15,28H,1-2H3,(H,27,32)(H,30,31). The molecule has 0 spiro atoms. The lowest BCUT2D eigenvalue weighted by Gasteiger charge is -2.09. The lowest BCUT2D eigenvalue weighted by Crippen LogP contribution is -2.12. The van der Waals surface area contributed by atoms with Crippen molar-refractivity contribution in [1.29, 1.82) is 0 Å². The van der Waals surface area contributed by atoms with E-state index in [-0.39, 0.29) is 17.6 Å². The molecule has 2 heterocycles. The lowest BCUT2D eigenvalue weighted by molar-refractivity contribution is 0.102. The van der Waals surface area contributed by atoms with Crippen LogP contribution in [-0.2, 0) is 0 Å². The van der Waals surface area contributed by atoms with Gasteiger partial charge in [0.2, 0.25) is 0 Å². The molecule has 33 heavy (non-hydrogen) atoms. The van der Waals surface area contributed by atoms with E-state index < -0.39 is 0 Å². The molecular formula is C26H22N4O3. The highest BCUT2D eigenvalue weighted by atomic mass is 16.5. The molecule has 0 bridgehead atoms.